The molecule has 1 aromatic carbocycles. The number of hydrogen-bond donors (Lipinski definition) is 0. The zero-order valence-electron chi connectivity index (χ0n) is 8.39. The van der Waals surface area contributed by atoms with Crippen molar-refractivity contribution in [1.82, 2.24) is 20.2 Å². The molecule has 2 rings (SSSR count). The van der Waals surface area contributed by atoms with Crippen molar-refractivity contribution in [2.75, 3.05) is 0 Å². The Balaban J connectivity index is 2.07. The molecular weight excluding hydrogens is 251 g/mol. The van der Waals surface area contributed by atoms with Gasteiger partial charge in [0.1, 0.15) is 10.8 Å². The van der Waals surface area contributed by atoms with Gasteiger partial charge in [0, 0.05) is 0 Å². The lowest BCUT2D eigenvalue weighted by atomic mass is 10.3. The van der Waals surface area contributed by atoms with Crippen LogP contribution in [0.2, 0.25) is 10.0 Å². The Morgan fingerprint density at radius 1 is 1.38 bits per heavy atom. The van der Waals surface area contributed by atoms with Crippen LogP contribution in [0.5, 0.6) is 5.75 Å². The molecule has 84 valence electrons. The monoisotopic (exact) mass is 258 g/mol. The van der Waals surface area contributed by atoms with Crippen molar-refractivity contribution in [3.63, 3.8) is 0 Å². The fourth-order valence-electron chi connectivity index (χ4n) is 1.12. The third kappa shape index (κ3) is 2.43. The van der Waals surface area contributed by atoms with Crippen LogP contribution >= 0.6 is 23.2 Å². The van der Waals surface area contributed by atoms with Gasteiger partial charge in [-0.2, -0.15) is 4.80 Å². The summed E-state index contributed by atoms with van der Waals surface area (Å²) < 4.78 is 5.42. The smallest absolute Gasteiger partial charge is 0.212 e. The van der Waals surface area contributed by atoms with Crippen molar-refractivity contribution < 1.29 is 4.74 Å². The number of rotatable bonds is 3. The fourth-order valence-corrected chi connectivity index (χ4v) is 1.47. The number of aromatic nitrogens is 4. The Bertz CT molecular complexity index is 500. The van der Waals surface area contributed by atoms with E-state index < -0.39 is 0 Å². The average molecular weight is 259 g/mol. The predicted octanol–water partition coefficient (Wildman–Crippen LogP) is 2.10. The van der Waals surface area contributed by atoms with Crippen LogP contribution in [-0.2, 0) is 13.7 Å². The van der Waals surface area contributed by atoms with Gasteiger partial charge in [-0.15, -0.1) is 10.2 Å². The van der Waals surface area contributed by atoms with Crippen LogP contribution in [-0.4, -0.2) is 20.2 Å². The van der Waals surface area contributed by atoms with Crippen LogP contribution in [0.4, 0.5) is 0 Å². The van der Waals surface area contributed by atoms with E-state index in [-0.39, 0.29) is 6.61 Å². The Morgan fingerprint density at radius 3 is 2.88 bits per heavy atom. The van der Waals surface area contributed by atoms with Crippen LogP contribution < -0.4 is 4.74 Å². The molecule has 1 heterocycles. The summed E-state index contributed by atoms with van der Waals surface area (Å²) >= 11 is 11.8. The minimum Gasteiger partial charge on any atom is -0.484 e. The lowest BCUT2D eigenvalue weighted by Crippen LogP contribution is -1.99. The molecule has 0 saturated heterocycles. The first kappa shape index (κ1) is 11.2. The Morgan fingerprint density at radius 2 is 2.19 bits per heavy atom. The lowest BCUT2D eigenvalue weighted by molar-refractivity contribution is 0.295. The summed E-state index contributed by atoms with van der Waals surface area (Å²) in [5, 5.41) is 12.3. The maximum Gasteiger partial charge on any atom is 0.212 e. The van der Waals surface area contributed by atoms with Crippen LogP contribution in [0, 0.1) is 0 Å². The summed E-state index contributed by atoms with van der Waals surface area (Å²) in [6, 6.07) is 5.18. The number of hydrogen-bond acceptors (Lipinski definition) is 4. The number of aryl methyl sites for hydroxylation is 1. The molecule has 2 aromatic rings. The third-order valence-electron chi connectivity index (χ3n) is 1.82. The number of benzene rings is 1. The highest BCUT2D eigenvalue weighted by Gasteiger charge is 2.07. The van der Waals surface area contributed by atoms with Crippen molar-refractivity contribution in [1.29, 1.82) is 0 Å². The highest BCUT2D eigenvalue weighted by atomic mass is 35.5. The van der Waals surface area contributed by atoms with E-state index in [1.807, 2.05) is 0 Å². The Kier molecular flexibility index (Phi) is 3.26. The third-order valence-corrected chi connectivity index (χ3v) is 2.62. The first-order chi connectivity index (χ1) is 7.66. The fraction of sp³-hybridized carbons (Fsp3) is 0.222. The van der Waals surface area contributed by atoms with Crippen LogP contribution in [0.15, 0.2) is 18.2 Å². The number of ether oxygens (including phenoxy) is 1. The van der Waals surface area contributed by atoms with E-state index in [9.17, 15) is 0 Å². The molecule has 0 atom stereocenters. The summed E-state index contributed by atoms with van der Waals surface area (Å²) in [6.07, 6.45) is 0. The van der Waals surface area contributed by atoms with Gasteiger partial charge >= 0.3 is 0 Å². The summed E-state index contributed by atoms with van der Waals surface area (Å²) in [4.78, 5) is 1.36. The molecule has 0 spiro atoms. The largest absolute Gasteiger partial charge is 0.484 e. The second-order valence-electron chi connectivity index (χ2n) is 3.04. The van der Waals surface area contributed by atoms with Crippen LogP contribution in [0.1, 0.15) is 5.82 Å². The molecule has 5 nitrogen and oxygen atoms in total. The van der Waals surface area contributed by atoms with Gasteiger partial charge in [-0.25, -0.2) is 0 Å². The predicted molar refractivity (Wildman–Crippen MR) is 59.6 cm³/mol. The standard InChI is InChI=1S/C9H8Cl2N4O/c1-15-13-8(12-14-15)5-16-7-4-2-3-6(10)9(7)11/h2-4H,5H2,1H3. The molecule has 0 N–H and O–H groups in total. The Hall–Kier alpha value is -1.33. The van der Waals surface area contributed by atoms with Crippen LogP contribution in [0.25, 0.3) is 0 Å². The molecule has 0 radical (unpaired) electrons. The minimum atomic E-state index is 0.202. The summed E-state index contributed by atoms with van der Waals surface area (Å²) in [7, 11) is 1.68. The van der Waals surface area contributed by atoms with Gasteiger partial charge in [0.05, 0.1) is 12.1 Å². The second kappa shape index (κ2) is 4.67. The zero-order chi connectivity index (χ0) is 11.5. The van der Waals surface area contributed by atoms with Crippen molar-refractivity contribution >= 4 is 23.2 Å². The second-order valence-corrected chi connectivity index (χ2v) is 3.82. The van der Waals surface area contributed by atoms with Crippen molar-refractivity contribution in [3.05, 3.63) is 34.1 Å². The average Bonchev–Trinajstić information content (AvgIpc) is 2.67. The van der Waals surface area contributed by atoms with Crippen molar-refractivity contribution in [3.8, 4) is 5.75 Å². The molecule has 7 heteroatoms. The first-order valence-electron chi connectivity index (χ1n) is 4.46. The summed E-state index contributed by atoms with van der Waals surface area (Å²) in [5.74, 6) is 0.986. The quantitative estimate of drug-likeness (QED) is 0.846. The van der Waals surface area contributed by atoms with E-state index in [4.69, 9.17) is 27.9 Å². The van der Waals surface area contributed by atoms with E-state index in [1.54, 1.807) is 25.2 Å². The molecule has 0 unspecified atom stereocenters. The van der Waals surface area contributed by atoms with E-state index >= 15 is 0 Å². The molecule has 0 amide bonds. The molecular formula is C9H8Cl2N4O. The van der Waals surface area contributed by atoms with Gasteiger partial charge in [0.15, 0.2) is 6.61 Å². The molecule has 0 aliphatic carbocycles. The number of nitrogens with zero attached hydrogens (tertiary/aromatic N) is 4. The topological polar surface area (TPSA) is 52.8 Å². The van der Waals surface area contributed by atoms with E-state index in [1.165, 1.54) is 4.80 Å². The van der Waals surface area contributed by atoms with Gasteiger partial charge in [0.2, 0.25) is 5.82 Å². The van der Waals surface area contributed by atoms with Gasteiger partial charge in [-0.3, -0.25) is 0 Å². The van der Waals surface area contributed by atoms with E-state index in [0.717, 1.165) is 0 Å². The summed E-state index contributed by atoms with van der Waals surface area (Å²) in [5.41, 5.74) is 0. The maximum absolute atomic E-state index is 5.95. The highest BCUT2D eigenvalue weighted by Crippen LogP contribution is 2.31. The lowest BCUT2D eigenvalue weighted by Gasteiger charge is -2.06. The number of halogens is 2. The molecule has 0 saturated carbocycles. The van der Waals surface area contributed by atoms with E-state index in [2.05, 4.69) is 15.4 Å². The molecule has 0 fully saturated rings. The van der Waals surface area contributed by atoms with Gasteiger partial charge in [0.25, 0.3) is 0 Å². The SMILES string of the molecule is Cn1nnc(COc2cccc(Cl)c2Cl)n1. The first-order valence-corrected chi connectivity index (χ1v) is 5.22. The minimum absolute atomic E-state index is 0.202. The molecule has 1 aromatic heterocycles. The van der Waals surface area contributed by atoms with Gasteiger partial charge in [-0.05, 0) is 17.3 Å². The highest BCUT2D eigenvalue weighted by molar-refractivity contribution is 6.42. The van der Waals surface area contributed by atoms with Gasteiger partial charge < -0.3 is 4.74 Å². The number of tetrazole rings is 1. The molecule has 0 aliphatic rings. The zero-order valence-corrected chi connectivity index (χ0v) is 9.90. The van der Waals surface area contributed by atoms with Crippen molar-refractivity contribution in [2.45, 2.75) is 6.61 Å². The maximum atomic E-state index is 5.95. The molecule has 16 heavy (non-hydrogen) atoms. The van der Waals surface area contributed by atoms with E-state index in [0.29, 0.717) is 21.6 Å². The molecule has 0 aliphatic heterocycles. The Labute approximate surface area is 102 Å². The van der Waals surface area contributed by atoms with Crippen molar-refractivity contribution in [2.24, 2.45) is 7.05 Å². The van der Waals surface area contributed by atoms with Gasteiger partial charge in [-0.1, -0.05) is 29.3 Å². The molecule has 0 bridgehead atoms. The summed E-state index contributed by atoms with van der Waals surface area (Å²) in [6.45, 7) is 0.202. The normalized spacial score (nSPS) is 10.4. The van der Waals surface area contributed by atoms with Crippen LogP contribution in [0.3, 0.4) is 0 Å².